The van der Waals surface area contributed by atoms with Gasteiger partial charge in [0.1, 0.15) is 0 Å². The van der Waals surface area contributed by atoms with Crippen LogP contribution < -0.4 is 103 Å². The van der Waals surface area contributed by atoms with Crippen molar-refractivity contribution in [1.82, 2.24) is 0 Å². The molecule has 0 amide bonds. The van der Waals surface area contributed by atoms with E-state index in [9.17, 15) is 25.9 Å². The monoisotopic (exact) mass is 608 g/mol. The van der Waals surface area contributed by atoms with Crippen LogP contribution in [0.5, 0.6) is 0 Å². The summed E-state index contributed by atoms with van der Waals surface area (Å²) in [6.45, 7) is 4.49. The Labute approximate surface area is 308 Å². The number of rotatable bonds is 24. The maximum Gasteiger partial charge on any atom is 1.00 e. The summed E-state index contributed by atoms with van der Waals surface area (Å²) in [5.74, 6) is 0. The van der Waals surface area contributed by atoms with Crippen molar-refractivity contribution >= 4 is 20.8 Å². The molecule has 0 aliphatic carbocycles. The molecule has 208 valence electrons. The van der Waals surface area contributed by atoms with Gasteiger partial charge in [0, 0.05) is 0 Å². The first-order valence-electron chi connectivity index (χ1n) is 13.3. The normalized spacial score (nSPS) is 11.2. The first kappa shape index (κ1) is 46.0. The molecular formula is C24H50K2O8S2. The van der Waals surface area contributed by atoms with E-state index in [4.69, 9.17) is 0 Å². The average Bonchev–Trinajstić information content (AvgIpc) is 2.75. The molecule has 0 heterocycles. The summed E-state index contributed by atoms with van der Waals surface area (Å²) < 4.78 is 68.9. The van der Waals surface area contributed by atoms with E-state index < -0.39 is 20.8 Å². The van der Waals surface area contributed by atoms with Gasteiger partial charge in [0.15, 0.2) is 0 Å². The Morgan fingerprint density at radius 2 is 0.611 bits per heavy atom. The van der Waals surface area contributed by atoms with Gasteiger partial charge in [0.25, 0.3) is 0 Å². The minimum atomic E-state index is -4.48. The summed E-state index contributed by atoms with van der Waals surface area (Å²) in [7, 11) is -8.97. The first-order chi connectivity index (χ1) is 16.1. The predicted octanol–water partition coefficient (Wildman–Crippen LogP) is 0.776. The maximum absolute atomic E-state index is 10.1. The van der Waals surface area contributed by atoms with E-state index >= 15 is 0 Å². The fraction of sp³-hybridized carbons (Fsp3) is 1.00. The molecule has 12 heteroatoms. The summed E-state index contributed by atoms with van der Waals surface area (Å²) >= 11 is 0. The Kier molecular flexibility index (Phi) is 43.7. The standard InChI is InChI=1S/2C12H26O4S.2K/c2*1-2-3-4-5-6-7-8-9-10-11-12-16-17(13,14)15;;/h2*2-12H2,1H3,(H,13,14,15);;/q;;2*+1/p-2. The summed E-state index contributed by atoms with van der Waals surface area (Å²) in [4.78, 5) is 0. The minimum absolute atomic E-state index is 0. The van der Waals surface area contributed by atoms with Gasteiger partial charge in [0.2, 0.25) is 20.8 Å². The largest absolute Gasteiger partial charge is 1.00 e. The van der Waals surface area contributed by atoms with Gasteiger partial charge in [-0.15, -0.1) is 0 Å². The quantitative estimate of drug-likeness (QED) is 0.0680. The van der Waals surface area contributed by atoms with Crippen molar-refractivity contribution in [3.8, 4) is 0 Å². The molecule has 0 fully saturated rings. The van der Waals surface area contributed by atoms with Crippen LogP contribution in [0.1, 0.15) is 142 Å². The van der Waals surface area contributed by atoms with Gasteiger partial charge in [-0.05, 0) is 12.8 Å². The summed E-state index contributed by atoms with van der Waals surface area (Å²) in [5, 5.41) is 0. The number of unbranched alkanes of at least 4 members (excludes halogenated alkanes) is 18. The molecule has 0 rings (SSSR count). The molecule has 0 atom stereocenters. The Hall–Kier alpha value is 3.01. The van der Waals surface area contributed by atoms with Crippen molar-refractivity contribution < 1.29 is 137 Å². The molecular weight excluding hydrogens is 559 g/mol. The van der Waals surface area contributed by atoms with Crippen LogP contribution in [0.4, 0.5) is 0 Å². The van der Waals surface area contributed by atoms with Crippen molar-refractivity contribution in [1.29, 1.82) is 0 Å². The van der Waals surface area contributed by atoms with Gasteiger partial charge in [-0.25, -0.2) is 16.8 Å². The van der Waals surface area contributed by atoms with Crippen molar-refractivity contribution in [2.75, 3.05) is 13.2 Å². The third-order valence-corrected chi connectivity index (χ3v) is 6.36. The van der Waals surface area contributed by atoms with E-state index in [0.29, 0.717) is 12.8 Å². The Morgan fingerprint density at radius 3 is 0.806 bits per heavy atom. The second kappa shape index (κ2) is 34.2. The van der Waals surface area contributed by atoms with Crippen LogP contribution >= 0.6 is 0 Å². The molecule has 0 unspecified atom stereocenters. The zero-order valence-corrected chi connectivity index (χ0v) is 31.5. The van der Waals surface area contributed by atoms with Crippen LogP contribution in [0.3, 0.4) is 0 Å². The molecule has 0 aliphatic rings. The van der Waals surface area contributed by atoms with E-state index in [1.54, 1.807) is 0 Å². The van der Waals surface area contributed by atoms with Gasteiger partial charge < -0.3 is 9.11 Å². The molecule has 0 radical (unpaired) electrons. The van der Waals surface area contributed by atoms with Gasteiger partial charge in [-0.1, -0.05) is 129 Å². The van der Waals surface area contributed by atoms with Crippen LogP contribution in [0.2, 0.25) is 0 Å². The van der Waals surface area contributed by atoms with Crippen molar-refractivity contribution in [3.63, 3.8) is 0 Å². The number of hydrogen-bond donors (Lipinski definition) is 0. The molecule has 0 N–H and O–H groups in total. The number of hydrogen-bond acceptors (Lipinski definition) is 8. The van der Waals surface area contributed by atoms with Gasteiger partial charge in [-0.2, -0.15) is 0 Å². The van der Waals surface area contributed by atoms with Gasteiger partial charge in [-0.3, -0.25) is 8.37 Å². The fourth-order valence-electron chi connectivity index (χ4n) is 3.50. The van der Waals surface area contributed by atoms with Crippen LogP contribution in [0.15, 0.2) is 0 Å². The molecule has 0 saturated carbocycles. The molecule has 0 bridgehead atoms. The third kappa shape index (κ3) is 49.9. The molecule has 8 nitrogen and oxygen atoms in total. The average molecular weight is 609 g/mol. The van der Waals surface area contributed by atoms with Crippen molar-refractivity contribution in [2.45, 2.75) is 142 Å². The van der Waals surface area contributed by atoms with Gasteiger partial charge in [0.05, 0.1) is 13.2 Å². The van der Waals surface area contributed by atoms with Crippen molar-refractivity contribution in [2.24, 2.45) is 0 Å². The van der Waals surface area contributed by atoms with E-state index in [1.165, 1.54) is 89.9 Å². The fourth-order valence-corrected chi connectivity index (χ4v) is 4.14. The minimum Gasteiger partial charge on any atom is -0.726 e. The van der Waals surface area contributed by atoms with Crippen molar-refractivity contribution in [3.05, 3.63) is 0 Å². The Bertz CT molecular complexity index is 564. The zero-order valence-electron chi connectivity index (χ0n) is 23.6. The van der Waals surface area contributed by atoms with E-state index in [2.05, 4.69) is 22.2 Å². The van der Waals surface area contributed by atoms with Gasteiger partial charge >= 0.3 is 103 Å². The van der Waals surface area contributed by atoms with Crippen LogP contribution in [-0.4, -0.2) is 39.2 Å². The third-order valence-electron chi connectivity index (χ3n) is 5.45. The summed E-state index contributed by atoms with van der Waals surface area (Å²) in [6, 6.07) is 0. The van der Waals surface area contributed by atoms with Crippen LogP contribution in [0.25, 0.3) is 0 Å². The smallest absolute Gasteiger partial charge is 0.726 e. The van der Waals surface area contributed by atoms with E-state index in [-0.39, 0.29) is 116 Å². The Balaban J connectivity index is -0.000000269. The second-order valence-corrected chi connectivity index (χ2v) is 10.9. The van der Waals surface area contributed by atoms with Crippen LogP contribution in [-0.2, 0) is 29.2 Å². The molecule has 0 aromatic carbocycles. The molecule has 0 saturated heterocycles. The SMILES string of the molecule is CCCCCCCCCCCCOS(=O)(=O)[O-].CCCCCCCCCCCCOS(=O)(=O)[O-].[K+].[K+]. The van der Waals surface area contributed by atoms with E-state index in [0.717, 1.165) is 25.7 Å². The second-order valence-electron chi connectivity index (χ2n) is 8.82. The maximum atomic E-state index is 10.1. The van der Waals surface area contributed by atoms with Crippen LogP contribution in [0, 0.1) is 0 Å². The summed E-state index contributed by atoms with van der Waals surface area (Å²) in [6.07, 6.45) is 23.4. The molecule has 36 heavy (non-hydrogen) atoms. The molecule has 0 aromatic heterocycles. The summed E-state index contributed by atoms with van der Waals surface area (Å²) in [5.41, 5.74) is 0. The molecule has 0 aliphatic heterocycles. The zero-order chi connectivity index (χ0) is 26.0. The predicted molar refractivity (Wildman–Crippen MR) is 135 cm³/mol. The first-order valence-corrected chi connectivity index (χ1v) is 16.0. The molecule has 0 aromatic rings. The Morgan fingerprint density at radius 1 is 0.417 bits per heavy atom. The van der Waals surface area contributed by atoms with E-state index in [1.807, 2.05) is 0 Å². The molecule has 0 spiro atoms. The topological polar surface area (TPSA) is 133 Å².